The van der Waals surface area contributed by atoms with Crippen LogP contribution in [0.2, 0.25) is 5.02 Å². The van der Waals surface area contributed by atoms with Crippen molar-refractivity contribution in [1.29, 1.82) is 0 Å². The number of anilines is 1. The Kier molecular flexibility index (Phi) is 5.07. The van der Waals surface area contributed by atoms with Gasteiger partial charge < -0.3 is 18.9 Å². The molecule has 0 atom stereocenters. The van der Waals surface area contributed by atoms with Gasteiger partial charge in [0.1, 0.15) is 5.75 Å². The lowest BCUT2D eigenvalue weighted by Gasteiger charge is -2.07. The zero-order valence-corrected chi connectivity index (χ0v) is 14.1. The molecule has 0 aliphatic carbocycles. The van der Waals surface area contributed by atoms with Crippen LogP contribution in [0.1, 0.15) is 0 Å². The molecule has 3 rings (SSSR count). The van der Waals surface area contributed by atoms with E-state index in [0.717, 1.165) is 11.8 Å². The summed E-state index contributed by atoms with van der Waals surface area (Å²) in [5.41, 5.74) is 0.577. The summed E-state index contributed by atoms with van der Waals surface area (Å²) in [4.78, 5) is 12.0. The Morgan fingerprint density at radius 2 is 2.25 bits per heavy atom. The van der Waals surface area contributed by atoms with Gasteiger partial charge in [0.05, 0.1) is 24.1 Å². The van der Waals surface area contributed by atoms with E-state index in [1.54, 1.807) is 30.3 Å². The van der Waals surface area contributed by atoms with E-state index >= 15 is 0 Å². The van der Waals surface area contributed by atoms with Crippen LogP contribution in [0.15, 0.2) is 50.7 Å². The van der Waals surface area contributed by atoms with Gasteiger partial charge in [-0.2, -0.15) is 0 Å². The quantitative estimate of drug-likeness (QED) is 0.665. The monoisotopic (exact) mass is 365 g/mol. The van der Waals surface area contributed by atoms with Crippen molar-refractivity contribution >= 4 is 35.0 Å². The predicted octanol–water partition coefficient (Wildman–Crippen LogP) is 3.72. The summed E-state index contributed by atoms with van der Waals surface area (Å²) in [7, 11) is 1.53. The first kappa shape index (κ1) is 16.4. The fourth-order valence-electron chi connectivity index (χ4n) is 1.84. The number of thioether (sulfide) groups is 1. The molecule has 0 saturated heterocycles. The molecule has 0 aliphatic rings. The fraction of sp³-hybridized carbons (Fsp3) is 0.133. The maximum absolute atomic E-state index is 12.0. The van der Waals surface area contributed by atoms with E-state index in [4.69, 9.17) is 25.2 Å². The van der Waals surface area contributed by atoms with Crippen LogP contribution < -0.4 is 10.1 Å². The molecule has 1 aromatic carbocycles. The third kappa shape index (κ3) is 3.90. The third-order valence-electron chi connectivity index (χ3n) is 2.90. The van der Waals surface area contributed by atoms with Gasteiger partial charge in [-0.15, -0.1) is 10.2 Å². The first-order valence-corrected chi connectivity index (χ1v) is 8.15. The lowest BCUT2D eigenvalue weighted by atomic mass is 10.3. The molecule has 0 saturated carbocycles. The lowest BCUT2D eigenvalue weighted by molar-refractivity contribution is -0.113. The van der Waals surface area contributed by atoms with Crippen LogP contribution in [0.5, 0.6) is 5.75 Å². The molecule has 124 valence electrons. The van der Waals surface area contributed by atoms with Crippen molar-refractivity contribution in [2.75, 3.05) is 18.2 Å². The van der Waals surface area contributed by atoms with E-state index in [0.29, 0.717) is 22.2 Å². The highest BCUT2D eigenvalue weighted by molar-refractivity contribution is 7.99. The number of methoxy groups -OCH3 is 1. The number of hydrogen-bond acceptors (Lipinski definition) is 7. The van der Waals surface area contributed by atoms with Crippen LogP contribution >= 0.6 is 23.4 Å². The van der Waals surface area contributed by atoms with Crippen molar-refractivity contribution in [3.63, 3.8) is 0 Å². The predicted molar refractivity (Wildman–Crippen MR) is 89.4 cm³/mol. The number of halogens is 1. The van der Waals surface area contributed by atoms with Crippen LogP contribution in [-0.4, -0.2) is 29.0 Å². The minimum atomic E-state index is -0.223. The number of nitrogens with one attached hydrogen (secondary N) is 1. The van der Waals surface area contributed by atoms with Crippen molar-refractivity contribution in [3.8, 4) is 17.4 Å². The van der Waals surface area contributed by atoms with Gasteiger partial charge in [-0.1, -0.05) is 23.4 Å². The number of ether oxygens (including phenoxy) is 1. The number of carbonyl (C=O) groups excluding carboxylic acids is 1. The zero-order valence-electron chi connectivity index (χ0n) is 12.5. The highest BCUT2D eigenvalue weighted by Gasteiger charge is 2.13. The van der Waals surface area contributed by atoms with E-state index < -0.39 is 0 Å². The van der Waals surface area contributed by atoms with Gasteiger partial charge in [0.2, 0.25) is 5.91 Å². The molecule has 0 unspecified atom stereocenters. The molecule has 7 nitrogen and oxygen atoms in total. The molecular formula is C15H12ClN3O4S. The van der Waals surface area contributed by atoms with Crippen molar-refractivity contribution in [1.82, 2.24) is 10.2 Å². The Morgan fingerprint density at radius 3 is 2.96 bits per heavy atom. The van der Waals surface area contributed by atoms with Gasteiger partial charge in [0.25, 0.3) is 11.1 Å². The first-order valence-electron chi connectivity index (χ1n) is 6.79. The number of hydrogen-bond donors (Lipinski definition) is 1. The molecule has 2 heterocycles. The van der Waals surface area contributed by atoms with Crippen molar-refractivity contribution in [3.05, 3.63) is 41.6 Å². The van der Waals surface area contributed by atoms with E-state index in [9.17, 15) is 4.79 Å². The molecule has 0 aliphatic heterocycles. The Bertz CT molecular complexity index is 835. The minimum Gasteiger partial charge on any atom is -0.495 e. The number of furan rings is 1. The van der Waals surface area contributed by atoms with Gasteiger partial charge in [0.15, 0.2) is 5.76 Å². The lowest BCUT2D eigenvalue weighted by Crippen LogP contribution is -2.14. The average molecular weight is 366 g/mol. The molecule has 0 fully saturated rings. The number of nitrogens with zero attached hydrogens (tertiary/aromatic N) is 2. The second-order valence-electron chi connectivity index (χ2n) is 4.54. The summed E-state index contributed by atoms with van der Waals surface area (Å²) >= 11 is 7.14. The fourth-order valence-corrected chi connectivity index (χ4v) is 2.66. The molecule has 1 amide bonds. The SMILES string of the molecule is COc1ccc(NC(=O)CSc2nnc(-c3ccco3)o2)cc1Cl. The first-order chi connectivity index (χ1) is 11.7. The maximum atomic E-state index is 12.0. The molecule has 9 heteroatoms. The highest BCUT2D eigenvalue weighted by Crippen LogP contribution is 2.27. The smallest absolute Gasteiger partial charge is 0.284 e. The summed E-state index contributed by atoms with van der Waals surface area (Å²) in [6.45, 7) is 0. The Hall–Kier alpha value is -2.45. The molecule has 0 bridgehead atoms. The second-order valence-corrected chi connectivity index (χ2v) is 5.87. The van der Waals surface area contributed by atoms with Crippen LogP contribution in [0.3, 0.4) is 0 Å². The summed E-state index contributed by atoms with van der Waals surface area (Å²) in [6, 6.07) is 8.43. The second kappa shape index (κ2) is 7.41. The summed E-state index contributed by atoms with van der Waals surface area (Å²) in [6.07, 6.45) is 1.51. The number of benzene rings is 1. The molecule has 1 N–H and O–H groups in total. The maximum Gasteiger partial charge on any atom is 0.284 e. The van der Waals surface area contributed by atoms with E-state index in [2.05, 4.69) is 15.5 Å². The van der Waals surface area contributed by atoms with Crippen molar-refractivity contribution < 1.29 is 18.4 Å². The van der Waals surface area contributed by atoms with Crippen LogP contribution in [-0.2, 0) is 4.79 Å². The topological polar surface area (TPSA) is 90.4 Å². The van der Waals surface area contributed by atoms with Crippen molar-refractivity contribution in [2.24, 2.45) is 0 Å². The molecule has 0 radical (unpaired) electrons. The molecule has 24 heavy (non-hydrogen) atoms. The molecule has 0 spiro atoms. The van der Waals surface area contributed by atoms with Gasteiger partial charge in [-0.25, -0.2) is 0 Å². The summed E-state index contributed by atoms with van der Waals surface area (Å²) in [5.74, 6) is 1.18. The highest BCUT2D eigenvalue weighted by atomic mass is 35.5. The van der Waals surface area contributed by atoms with Crippen molar-refractivity contribution in [2.45, 2.75) is 5.22 Å². The van der Waals surface area contributed by atoms with Gasteiger partial charge in [0, 0.05) is 5.69 Å². The van der Waals surface area contributed by atoms with Gasteiger partial charge in [-0.05, 0) is 30.3 Å². The molecule has 3 aromatic rings. The van der Waals surface area contributed by atoms with E-state index in [-0.39, 0.29) is 22.8 Å². The Morgan fingerprint density at radius 1 is 1.38 bits per heavy atom. The van der Waals surface area contributed by atoms with E-state index in [1.807, 2.05) is 0 Å². The summed E-state index contributed by atoms with van der Waals surface area (Å²) in [5, 5.41) is 11.1. The number of aromatic nitrogens is 2. The standard InChI is InChI=1S/C15H12ClN3O4S/c1-21-11-5-4-9(7-10(11)16)17-13(20)8-24-15-19-18-14(23-15)12-3-2-6-22-12/h2-7H,8H2,1H3,(H,17,20). The van der Waals surface area contributed by atoms with Gasteiger partial charge >= 0.3 is 0 Å². The normalized spacial score (nSPS) is 10.6. The van der Waals surface area contributed by atoms with Gasteiger partial charge in [-0.3, -0.25) is 4.79 Å². The molecular weight excluding hydrogens is 354 g/mol. The number of carbonyl (C=O) groups is 1. The van der Waals surface area contributed by atoms with Crippen LogP contribution in [0, 0.1) is 0 Å². The summed E-state index contributed by atoms with van der Waals surface area (Å²) < 4.78 is 15.6. The molecule has 2 aromatic heterocycles. The average Bonchev–Trinajstić information content (AvgIpc) is 3.24. The number of amides is 1. The van der Waals surface area contributed by atoms with Crippen LogP contribution in [0.25, 0.3) is 11.7 Å². The third-order valence-corrected chi connectivity index (χ3v) is 4.01. The Labute approximate surface area is 146 Å². The minimum absolute atomic E-state index is 0.115. The Balaban J connectivity index is 1.55. The van der Waals surface area contributed by atoms with Crippen LogP contribution in [0.4, 0.5) is 5.69 Å². The zero-order chi connectivity index (χ0) is 16.9. The largest absolute Gasteiger partial charge is 0.495 e. The number of rotatable bonds is 6. The van der Waals surface area contributed by atoms with E-state index in [1.165, 1.54) is 13.4 Å².